The molecule has 0 spiro atoms. The molecule has 0 aliphatic rings. The maximum atomic E-state index is 12.6. The molecule has 0 saturated heterocycles. The van der Waals surface area contributed by atoms with E-state index < -0.39 is 29.4 Å². The van der Waals surface area contributed by atoms with E-state index in [0.717, 1.165) is 0 Å². The quantitative estimate of drug-likeness (QED) is 0.236. The van der Waals surface area contributed by atoms with Gasteiger partial charge in [0.25, 0.3) is 11.8 Å². The normalized spacial score (nSPS) is 12.2. The van der Waals surface area contributed by atoms with Crippen molar-refractivity contribution < 1.29 is 29.4 Å². The number of hydroxylamine groups is 1. The van der Waals surface area contributed by atoms with E-state index in [1.54, 1.807) is 48.5 Å². The summed E-state index contributed by atoms with van der Waals surface area (Å²) < 4.78 is 6.31. The lowest BCUT2D eigenvalue weighted by molar-refractivity contribution is -0.124. The SMILES string of the molecule is CC(C)(CC/C=C/C(=O)NO)[C@H](OC(=O)NC(=O)c1ccccc1)c1cc(Br)ccc1O. The zero-order valence-corrected chi connectivity index (χ0v) is 19.3. The van der Waals surface area contributed by atoms with E-state index in [1.807, 2.05) is 13.8 Å². The second kappa shape index (κ2) is 11.4. The maximum Gasteiger partial charge on any atom is 0.414 e. The van der Waals surface area contributed by atoms with Crippen LogP contribution in [-0.2, 0) is 9.53 Å². The second-order valence-corrected chi connectivity index (χ2v) is 8.63. The molecule has 2 aromatic rings. The molecule has 9 heteroatoms. The predicted molar refractivity (Wildman–Crippen MR) is 121 cm³/mol. The number of halogens is 1. The van der Waals surface area contributed by atoms with Gasteiger partial charge in [-0.25, -0.2) is 10.3 Å². The first-order valence-electron chi connectivity index (χ1n) is 9.80. The summed E-state index contributed by atoms with van der Waals surface area (Å²) >= 11 is 3.36. The third-order valence-electron chi connectivity index (χ3n) is 4.79. The van der Waals surface area contributed by atoms with Crippen molar-refractivity contribution >= 4 is 33.8 Å². The van der Waals surface area contributed by atoms with Crippen LogP contribution in [0.5, 0.6) is 5.75 Å². The highest BCUT2D eigenvalue weighted by Gasteiger charge is 2.36. The molecule has 0 aromatic heterocycles. The zero-order chi connectivity index (χ0) is 23.7. The first-order chi connectivity index (χ1) is 15.1. The predicted octanol–water partition coefficient (Wildman–Crippen LogP) is 4.63. The van der Waals surface area contributed by atoms with Crippen molar-refractivity contribution in [3.63, 3.8) is 0 Å². The summed E-state index contributed by atoms with van der Waals surface area (Å²) in [6, 6.07) is 13.0. The van der Waals surface area contributed by atoms with Gasteiger partial charge in [0.1, 0.15) is 11.9 Å². The van der Waals surface area contributed by atoms with Crippen molar-refractivity contribution in [1.29, 1.82) is 0 Å². The number of carbonyl (C=O) groups excluding carboxylic acids is 3. The van der Waals surface area contributed by atoms with Gasteiger partial charge in [0, 0.05) is 27.1 Å². The van der Waals surface area contributed by atoms with Crippen LogP contribution in [0.2, 0.25) is 0 Å². The zero-order valence-electron chi connectivity index (χ0n) is 17.7. The number of benzene rings is 2. The average molecular weight is 505 g/mol. The number of hydrogen-bond acceptors (Lipinski definition) is 6. The van der Waals surface area contributed by atoms with Crippen molar-refractivity contribution in [1.82, 2.24) is 10.8 Å². The van der Waals surface area contributed by atoms with Gasteiger partial charge in [0.15, 0.2) is 0 Å². The van der Waals surface area contributed by atoms with Crippen LogP contribution in [-0.4, -0.2) is 28.2 Å². The number of phenols is 1. The number of phenolic OH excluding ortho intramolecular Hbond substituents is 1. The van der Waals surface area contributed by atoms with Crippen LogP contribution < -0.4 is 10.8 Å². The van der Waals surface area contributed by atoms with E-state index in [2.05, 4.69) is 21.2 Å². The Morgan fingerprint density at radius 3 is 2.50 bits per heavy atom. The molecule has 1 atom stereocenters. The molecule has 0 fully saturated rings. The van der Waals surface area contributed by atoms with Gasteiger partial charge in [-0.2, -0.15) is 0 Å². The van der Waals surface area contributed by atoms with Gasteiger partial charge in [0.2, 0.25) is 0 Å². The fraction of sp³-hybridized carbons (Fsp3) is 0.261. The number of ether oxygens (including phenoxy) is 1. The Balaban J connectivity index is 2.23. The first-order valence-corrected chi connectivity index (χ1v) is 10.6. The molecule has 2 aromatic carbocycles. The number of hydrogen-bond donors (Lipinski definition) is 4. The molecule has 0 heterocycles. The highest BCUT2D eigenvalue weighted by molar-refractivity contribution is 9.10. The molecule has 0 bridgehead atoms. The van der Waals surface area contributed by atoms with Crippen LogP contribution in [0.1, 0.15) is 48.7 Å². The van der Waals surface area contributed by atoms with Gasteiger partial charge >= 0.3 is 6.09 Å². The Hall–Kier alpha value is -3.17. The smallest absolute Gasteiger partial charge is 0.414 e. The molecular formula is C23H25BrN2O6. The number of carbonyl (C=O) groups is 3. The van der Waals surface area contributed by atoms with Gasteiger partial charge in [-0.1, -0.05) is 54.1 Å². The van der Waals surface area contributed by atoms with Crippen LogP contribution in [0.15, 0.2) is 65.2 Å². The standard InChI is InChI=1S/C23H25BrN2O6/c1-23(2,13-7-6-10-19(28)26-31)20(17-14-16(24)11-12-18(17)27)32-22(30)25-21(29)15-8-4-3-5-9-15/h3-6,8-12,14,20,27,31H,7,13H2,1-2H3,(H,26,28)(H,25,29,30)/b10-6+/t20-/m1/s1. The number of aromatic hydroxyl groups is 1. The minimum atomic E-state index is -0.952. The highest BCUT2D eigenvalue weighted by Crippen LogP contribution is 2.44. The Bertz CT molecular complexity index is 991. The van der Waals surface area contributed by atoms with Crippen molar-refractivity contribution in [3.05, 3.63) is 76.3 Å². The maximum absolute atomic E-state index is 12.6. The average Bonchev–Trinajstić information content (AvgIpc) is 2.77. The van der Waals surface area contributed by atoms with Crippen molar-refractivity contribution in [2.75, 3.05) is 0 Å². The number of rotatable bonds is 8. The minimum Gasteiger partial charge on any atom is -0.508 e. The lowest BCUT2D eigenvalue weighted by Gasteiger charge is -2.34. The largest absolute Gasteiger partial charge is 0.508 e. The van der Waals surface area contributed by atoms with Gasteiger partial charge in [0.05, 0.1) is 0 Å². The van der Waals surface area contributed by atoms with Crippen molar-refractivity contribution in [3.8, 4) is 5.75 Å². The third kappa shape index (κ3) is 7.21. The van der Waals surface area contributed by atoms with Crippen LogP contribution in [0, 0.1) is 5.41 Å². The van der Waals surface area contributed by atoms with Crippen molar-refractivity contribution in [2.24, 2.45) is 5.41 Å². The van der Waals surface area contributed by atoms with Crippen LogP contribution in [0.25, 0.3) is 0 Å². The molecule has 0 saturated carbocycles. The van der Waals surface area contributed by atoms with Gasteiger partial charge < -0.3 is 9.84 Å². The van der Waals surface area contributed by atoms with Crippen molar-refractivity contribution in [2.45, 2.75) is 32.8 Å². The molecule has 2 rings (SSSR count). The van der Waals surface area contributed by atoms with Gasteiger partial charge in [-0.15, -0.1) is 0 Å². The van der Waals surface area contributed by atoms with Crippen LogP contribution >= 0.6 is 15.9 Å². The summed E-state index contributed by atoms with van der Waals surface area (Å²) in [5, 5.41) is 21.2. The van der Waals surface area contributed by atoms with Gasteiger partial charge in [-0.05, 0) is 43.2 Å². The summed E-state index contributed by atoms with van der Waals surface area (Å²) in [6.07, 6.45) is 1.78. The van der Waals surface area contributed by atoms with E-state index in [0.29, 0.717) is 28.4 Å². The van der Waals surface area contributed by atoms with E-state index in [1.165, 1.54) is 17.6 Å². The number of nitrogens with one attached hydrogen (secondary N) is 2. The molecule has 0 aliphatic heterocycles. The third-order valence-corrected chi connectivity index (χ3v) is 5.29. The molecule has 8 nitrogen and oxygen atoms in total. The molecule has 170 valence electrons. The number of allylic oxidation sites excluding steroid dienone is 1. The summed E-state index contributed by atoms with van der Waals surface area (Å²) in [6.45, 7) is 3.68. The Kier molecular flexibility index (Phi) is 8.98. The number of imide groups is 1. The second-order valence-electron chi connectivity index (χ2n) is 7.71. The Labute approximate surface area is 194 Å². The first kappa shape index (κ1) is 25.1. The van der Waals surface area contributed by atoms with E-state index in [9.17, 15) is 19.5 Å². The molecule has 3 amide bonds. The lowest BCUT2D eigenvalue weighted by Crippen LogP contribution is -2.35. The van der Waals surface area contributed by atoms with Crippen LogP contribution in [0.3, 0.4) is 0 Å². The number of amides is 3. The Morgan fingerprint density at radius 2 is 1.84 bits per heavy atom. The summed E-state index contributed by atoms with van der Waals surface area (Å²) in [5.41, 5.74) is 1.47. The fourth-order valence-corrected chi connectivity index (χ4v) is 3.46. The topological polar surface area (TPSA) is 125 Å². The lowest BCUT2D eigenvalue weighted by atomic mass is 9.78. The number of alkyl carbamates (subject to hydrolysis) is 1. The fourth-order valence-electron chi connectivity index (χ4n) is 3.08. The van der Waals surface area contributed by atoms with E-state index in [-0.39, 0.29) is 5.75 Å². The molecule has 0 radical (unpaired) electrons. The summed E-state index contributed by atoms with van der Waals surface area (Å²) in [7, 11) is 0. The molecule has 32 heavy (non-hydrogen) atoms. The molecule has 4 N–H and O–H groups in total. The Morgan fingerprint density at radius 1 is 1.16 bits per heavy atom. The summed E-state index contributed by atoms with van der Waals surface area (Å²) in [4.78, 5) is 36.0. The monoisotopic (exact) mass is 504 g/mol. The minimum absolute atomic E-state index is 0.0661. The molecular weight excluding hydrogens is 480 g/mol. The molecule has 0 aliphatic carbocycles. The van der Waals surface area contributed by atoms with E-state index in [4.69, 9.17) is 9.94 Å². The summed E-state index contributed by atoms with van der Waals surface area (Å²) in [5.74, 6) is -1.33. The van der Waals surface area contributed by atoms with E-state index >= 15 is 0 Å². The highest BCUT2D eigenvalue weighted by atomic mass is 79.9. The van der Waals surface area contributed by atoms with Crippen LogP contribution in [0.4, 0.5) is 4.79 Å². The molecule has 0 unspecified atom stereocenters. The van der Waals surface area contributed by atoms with Gasteiger partial charge in [-0.3, -0.25) is 20.1 Å².